The Morgan fingerprint density at radius 1 is 0.679 bits per heavy atom. The summed E-state index contributed by atoms with van der Waals surface area (Å²) in [6.45, 7) is 6.33. The van der Waals surface area contributed by atoms with E-state index in [1.165, 1.54) is 0 Å². The van der Waals surface area contributed by atoms with Gasteiger partial charge in [-0.1, -0.05) is 36.4 Å². The lowest BCUT2D eigenvalue weighted by Crippen LogP contribution is -2.53. The van der Waals surface area contributed by atoms with E-state index in [0.717, 1.165) is 9.79 Å². The van der Waals surface area contributed by atoms with E-state index in [9.17, 15) is 9.59 Å². The Bertz CT molecular complexity index is 710. The van der Waals surface area contributed by atoms with Gasteiger partial charge in [0, 0.05) is 36.0 Å². The molecular weight excluding hydrogens is 388 g/mol. The van der Waals surface area contributed by atoms with Crippen molar-refractivity contribution in [1.29, 1.82) is 0 Å². The third-order valence-corrected chi connectivity index (χ3v) is 6.91. The second-order valence-electron chi connectivity index (χ2n) is 6.80. The molecule has 148 valence electrons. The summed E-state index contributed by atoms with van der Waals surface area (Å²) < 4.78 is 0. The molecule has 4 nitrogen and oxygen atoms in total. The van der Waals surface area contributed by atoms with Crippen molar-refractivity contribution >= 4 is 35.3 Å². The lowest BCUT2D eigenvalue weighted by atomic mass is 10.2. The van der Waals surface area contributed by atoms with Gasteiger partial charge in [0.25, 0.3) is 0 Å². The lowest BCUT2D eigenvalue weighted by Gasteiger charge is -2.36. The molecule has 1 heterocycles. The molecule has 0 bridgehead atoms. The number of carbonyl (C=O) groups excluding carboxylic acids is 2. The minimum atomic E-state index is -0.128. The first-order chi connectivity index (χ1) is 13.5. The van der Waals surface area contributed by atoms with Gasteiger partial charge in [-0.2, -0.15) is 0 Å². The SMILES string of the molecule is C[C@H](Sc1ccccc1)C(=O)N1CCN(C(=O)[C@@H](C)Sc2ccccc2)CC1. The van der Waals surface area contributed by atoms with Crippen LogP contribution in [-0.4, -0.2) is 58.3 Å². The molecule has 3 rings (SSSR count). The molecule has 2 aromatic rings. The van der Waals surface area contributed by atoms with Crippen molar-refractivity contribution < 1.29 is 9.59 Å². The number of benzene rings is 2. The van der Waals surface area contributed by atoms with Crippen LogP contribution >= 0.6 is 23.5 Å². The number of amides is 2. The van der Waals surface area contributed by atoms with Crippen LogP contribution in [-0.2, 0) is 9.59 Å². The first kappa shape index (κ1) is 20.8. The molecule has 0 N–H and O–H groups in total. The Kier molecular flexibility index (Phi) is 7.45. The van der Waals surface area contributed by atoms with E-state index in [-0.39, 0.29) is 22.3 Å². The number of hydrogen-bond donors (Lipinski definition) is 0. The van der Waals surface area contributed by atoms with Crippen LogP contribution in [0.3, 0.4) is 0 Å². The van der Waals surface area contributed by atoms with Gasteiger partial charge >= 0.3 is 0 Å². The summed E-state index contributed by atoms with van der Waals surface area (Å²) in [4.78, 5) is 31.5. The Balaban J connectivity index is 1.48. The van der Waals surface area contributed by atoms with E-state index >= 15 is 0 Å². The van der Waals surface area contributed by atoms with Crippen molar-refractivity contribution in [3.8, 4) is 0 Å². The first-order valence-electron chi connectivity index (χ1n) is 9.55. The van der Waals surface area contributed by atoms with Crippen molar-refractivity contribution in [2.75, 3.05) is 26.2 Å². The van der Waals surface area contributed by atoms with Crippen LogP contribution < -0.4 is 0 Å². The summed E-state index contributed by atoms with van der Waals surface area (Å²) in [5, 5.41) is -0.255. The monoisotopic (exact) mass is 414 g/mol. The predicted molar refractivity (Wildman–Crippen MR) is 117 cm³/mol. The normalized spacial score (nSPS) is 16.5. The highest BCUT2D eigenvalue weighted by Gasteiger charge is 2.29. The molecule has 2 amide bonds. The third-order valence-electron chi connectivity index (χ3n) is 4.71. The van der Waals surface area contributed by atoms with E-state index in [1.54, 1.807) is 23.5 Å². The quantitative estimate of drug-likeness (QED) is 0.670. The van der Waals surface area contributed by atoms with E-state index in [4.69, 9.17) is 0 Å². The molecule has 1 aliphatic rings. The summed E-state index contributed by atoms with van der Waals surface area (Å²) in [5.41, 5.74) is 0. The summed E-state index contributed by atoms with van der Waals surface area (Å²) in [5.74, 6) is 0.292. The van der Waals surface area contributed by atoms with Gasteiger partial charge in [-0.15, -0.1) is 23.5 Å². The molecule has 2 atom stereocenters. The fourth-order valence-corrected chi connectivity index (χ4v) is 5.11. The van der Waals surface area contributed by atoms with Crippen LogP contribution in [0.5, 0.6) is 0 Å². The van der Waals surface area contributed by atoms with Crippen molar-refractivity contribution in [2.45, 2.75) is 34.1 Å². The average Bonchev–Trinajstić information content (AvgIpc) is 2.74. The Labute approximate surface area is 175 Å². The Morgan fingerprint density at radius 3 is 1.32 bits per heavy atom. The zero-order chi connectivity index (χ0) is 19.9. The van der Waals surface area contributed by atoms with Gasteiger partial charge in [0.2, 0.25) is 11.8 Å². The summed E-state index contributed by atoms with van der Waals surface area (Å²) >= 11 is 3.17. The molecule has 0 aromatic heterocycles. The molecule has 1 saturated heterocycles. The molecule has 0 radical (unpaired) electrons. The van der Waals surface area contributed by atoms with E-state index in [0.29, 0.717) is 26.2 Å². The Morgan fingerprint density at radius 2 is 1.00 bits per heavy atom. The standard InChI is InChI=1S/C22H26N2O2S2/c1-17(27-19-9-5-3-6-10-19)21(25)23-13-15-24(16-14-23)22(26)18(2)28-20-11-7-4-8-12-20/h3-12,17-18H,13-16H2,1-2H3/t17-,18+. The van der Waals surface area contributed by atoms with Crippen LogP contribution in [0.2, 0.25) is 0 Å². The van der Waals surface area contributed by atoms with Gasteiger partial charge in [-0.05, 0) is 38.1 Å². The minimum absolute atomic E-state index is 0.128. The maximum atomic E-state index is 12.8. The van der Waals surface area contributed by atoms with Gasteiger partial charge in [-0.25, -0.2) is 0 Å². The van der Waals surface area contributed by atoms with Crippen molar-refractivity contribution in [2.24, 2.45) is 0 Å². The highest BCUT2D eigenvalue weighted by atomic mass is 32.2. The van der Waals surface area contributed by atoms with Crippen molar-refractivity contribution in [1.82, 2.24) is 9.80 Å². The van der Waals surface area contributed by atoms with Crippen LogP contribution in [0.4, 0.5) is 0 Å². The molecule has 28 heavy (non-hydrogen) atoms. The van der Waals surface area contributed by atoms with Crippen LogP contribution in [0.15, 0.2) is 70.5 Å². The third kappa shape index (κ3) is 5.55. The van der Waals surface area contributed by atoms with Gasteiger partial charge in [-0.3, -0.25) is 9.59 Å². The zero-order valence-electron chi connectivity index (χ0n) is 16.3. The molecule has 0 aliphatic carbocycles. The maximum Gasteiger partial charge on any atom is 0.235 e. The van der Waals surface area contributed by atoms with Crippen LogP contribution in [0, 0.1) is 0 Å². The number of rotatable bonds is 6. The Hall–Kier alpha value is -1.92. The van der Waals surface area contributed by atoms with E-state index in [1.807, 2.05) is 84.3 Å². The average molecular weight is 415 g/mol. The van der Waals surface area contributed by atoms with Gasteiger partial charge in [0.05, 0.1) is 10.5 Å². The topological polar surface area (TPSA) is 40.6 Å². The number of carbonyl (C=O) groups is 2. The lowest BCUT2D eigenvalue weighted by molar-refractivity contribution is -0.138. The molecule has 1 fully saturated rings. The van der Waals surface area contributed by atoms with Gasteiger partial charge < -0.3 is 9.80 Å². The van der Waals surface area contributed by atoms with Crippen LogP contribution in [0.25, 0.3) is 0 Å². The van der Waals surface area contributed by atoms with Crippen LogP contribution in [0.1, 0.15) is 13.8 Å². The largest absolute Gasteiger partial charge is 0.338 e. The number of piperazine rings is 1. The van der Waals surface area contributed by atoms with Crippen molar-refractivity contribution in [3.63, 3.8) is 0 Å². The smallest absolute Gasteiger partial charge is 0.235 e. The highest BCUT2D eigenvalue weighted by Crippen LogP contribution is 2.26. The number of hydrogen-bond acceptors (Lipinski definition) is 4. The molecule has 0 saturated carbocycles. The second kappa shape index (κ2) is 10.0. The van der Waals surface area contributed by atoms with E-state index in [2.05, 4.69) is 0 Å². The first-order valence-corrected chi connectivity index (χ1v) is 11.3. The minimum Gasteiger partial charge on any atom is -0.338 e. The fourth-order valence-electron chi connectivity index (χ4n) is 3.17. The molecular formula is C22H26N2O2S2. The summed E-state index contributed by atoms with van der Waals surface area (Å²) in [6.07, 6.45) is 0. The number of thioether (sulfide) groups is 2. The second-order valence-corrected chi connectivity index (χ2v) is 9.63. The highest BCUT2D eigenvalue weighted by molar-refractivity contribution is 8.00. The maximum absolute atomic E-state index is 12.8. The molecule has 2 aromatic carbocycles. The molecule has 1 aliphatic heterocycles. The summed E-state index contributed by atoms with van der Waals surface area (Å²) in [7, 11) is 0. The molecule has 6 heteroatoms. The predicted octanol–water partition coefficient (Wildman–Crippen LogP) is 4.02. The summed E-state index contributed by atoms with van der Waals surface area (Å²) in [6, 6.07) is 20.0. The van der Waals surface area contributed by atoms with Gasteiger partial charge in [0.1, 0.15) is 0 Å². The van der Waals surface area contributed by atoms with E-state index < -0.39 is 0 Å². The number of nitrogens with zero attached hydrogens (tertiary/aromatic N) is 2. The van der Waals surface area contributed by atoms with Gasteiger partial charge in [0.15, 0.2) is 0 Å². The molecule has 0 unspecified atom stereocenters. The van der Waals surface area contributed by atoms with Crippen molar-refractivity contribution in [3.05, 3.63) is 60.7 Å². The zero-order valence-corrected chi connectivity index (χ0v) is 17.9. The fraction of sp³-hybridized carbons (Fsp3) is 0.364. The molecule has 0 spiro atoms.